The molecule has 0 saturated carbocycles. The number of carbonyl (C=O) groups excluding carboxylic acids is 2. The van der Waals surface area contributed by atoms with Gasteiger partial charge in [-0.1, -0.05) is 38.2 Å². The number of ether oxygens (including phenoxy) is 2. The Bertz CT molecular complexity index is 839. The van der Waals surface area contributed by atoms with E-state index in [9.17, 15) is 9.59 Å². The van der Waals surface area contributed by atoms with E-state index in [4.69, 9.17) is 16.3 Å². The maximum absolute atomic E-state index is 11.5. The van der Waals surface area contributed by atoms with Gasteiger partial charge in [-0.25, -0.2) is 0 Å². The average Bonchev–Trinajstić information content (AvgIpc) is 3.45. The second-order valence-corrected chi connectivity index (χ2v) is 7.17. The van der Waals surface area contributed by atoms with Crippen LogP contribution in [0.1, 0.15) is 26.7 Å². The standard InChI is InChI=1S/2C11H13NO2.Mo.2O/c2*1-2-8-7-14-11(12-8)9-5-3-4-6-10(9)13;;;/h2*3-6,8,12H,2,7H2,1H3;;;/b2*11-9+;;;/t2*8-;;;/m11.../s1. The molecule has 2 heterocycles. The Hall–Kier alpha value is -2.73. The molecule has 2 atom stereocenters. The van der Waals surface area contributed by atoms with Crippen LogP contribution in [-0.4, -0.2) is 36.9 Å². The topological polar surface area (TPSA) is 111 Å². The summed E-state index contributed by atoms with van der Waals surface area (Å²) in [6.45, 7) is 5.49. The Labute approximate surface area is 190 Å². The van der Waals surface area contributed by atoms with Gasteiger partial charge in [0.05, 0.1) is 23.2 Å². The molecule has 9 heteroatoms. The zero-order valence-electron chi connectivity index (χ0n) is 17.5. The zero-order chi connectivity index (χ0) is 22.6. The fourth-order valence-electron chi connectivity index (χ4n) is 2.96. The SMILES string of the molecule is CC[C@@H]1CO/C(=C2\C=CC=CC2=O)N1.CC[C@@H]1CO/C(=C2\C=CC=CC2=O)N1.[O]=[Mo]=[O]. The Morgan fingerprint density at radius 2 is 1.13 bits per heavy atom. The summed E-state index contributed by atoms with van der Waals surface area (Å²) in [5.41, 5.74) is 1.26. The molecule has 0 bridgehead atoms. The van der Waals surface area contributed by atoms with Gasteiger partial charge in [0.25, 0.3) is 0 Å². The zero-order valence-corrected chi connectivity index (χ0v) is 19.5. The molecule has 0 aromatic heterocycles. The third-order valence-electron chi connectivity index (χ3n) is 4.78. The van der Waals surface area contributed by atoms with Crippen LogP contribution in [0.4, 0.5) is 0 Å². The van der Waals surface area contributed by atoms with Gasteiger partial charge < -0.3 is 20.1 Å². The molecule has 0 spiro atoms. The van der Waals surface area contributed by atoms with Crippen LogP contribution in [0.2, 0.25) is 0 Å². The number of rotatable bonds is 2. The first-order chi connectivity index (χ1) is 15.0. The Balaban J connectivity index is 0.000000196. The van der Waals surface area contributed by atoms with Crippen LogP contribution in [0.5, 0.6) is 0 Å². The molecule has 0 aromatic rings. The Morgan fingerprint density at radius 3 is 1.42 bits per heavy atom. The van der Waals surface area contributed by atoms with Gasteiger partial charge in [-0.05, 0) is 37.1 Å². The molecule has 0 amide bonds. The fraction of sp³-hybridized carbons (Fsp3) is 0.364. The Kier molecular flexibility index (Phi) is 10.2. The fourth-order valence-corrected chi connectivity index (χ4v) is 2.96. The number of hydrogen-bond acceptors (Lipinski definition) is 8. The van der Waals surface area contributed by atoms with Crippen molar-refractivity contribution in [3.05, 3.63) is 71.5 Å². The molecular weight excluding hydrogens is 484 g/mol. The number of nitrogens with one attached hydrogen (secondary N) is 2. The molecule has 0 unspecified atom stereocenters. The molecule has 4 rings (SSSR count). The van der Waals surface area contributed by atoms with Crippen molar-refractivity contribution in [2.75, 3.05) is 13.2 Å². The van der Waals surface area contributed by atoms with Crippen LogP contribution >= 0.6 is 0 Å². The van der Waals surface area contributed by atoms with E-state index in [1.165, 1.54) is 0 Å². The van der Waals surface area contributed by atoms with Crippen molar-refractivity contribution in [2.24, 2.45) is 0 Å². The van der Waals surface area contributed by atoms with Crippen molar-refractivity contribution in [1.82, 2.24) is 10.6 Å². The monoisotopic (exact) mass is 512 g/mol. The van der Waals surface area contributed by atoms with Crippen molar-refractivity contribution in [2.45, 2.75) is 38.8 Å². The van der Waals surface area contributed by atoms with E-state index < -0.39 is 18.5 Å². The van der Waals surface area contributed by atoms with Crippen LogP contribution in [0.3, 0.4) is 0 Å². The van der Waals surface area contributed by atoms with Crippen LogP contribution in [-0.2, 0) is 44.3 Å². The summed E-state index contributed by atoms with van der Waals surface area (Å²) in [6, 6.07) is 0.675. The molecule has 2 N–H and O–H groups in total. The molecule has 2 aliphatic heterocycles. The first kappa shape index (κ1) is 24.5. The average molecular weight is 510 g/mol. The van der Waals surface area contributed by atoms with Crippen LogP contribution in [0, 0.1) is 0 Å². The molecule has 0 aromatic carbocycles. The first-order valence-corrected chi connectivity index (χ1v) is 11.6. The summed E-state index contributed by atoms with van der Waals surface area (Å²) in [7, 11) is 0. The summed E-state index contributed by atoms with van der Waals surface area (Å²) in [6.07, 6.45) is 15.8. The number of allylic oxidation sites excluding steroid dienone is 10. The van der Waals surface area contributed by atoms with E-state index in [-0.39, 0.29) is 11.6 Å². The van der Waals surface area contributed by atoms with Crippen molar-refractivity contribution in [1.29, 1.82) is 0 Å². The van der Waals surface area contributed by atoms with Crippen molar-refractivity contribution >= 4 is 11.6 Å². The first-order valence-electron chi connectivity index (χ1n) is 10.0. The molecule has 31 heavy (non-hydrogen) atoms. The Morgan fingerprint density at radius 1 is 0.774 bits per heavy atom. The minimum atomic E-state index is -2.03. The van der Waals surface area contributed by atoms with E-state index in [1.54, 1.807) is 36.5 Å². The number of carbonyl (C=O) groups is 2. The number of hydrogen-bond donors (Lipinski definition) is 2. The van der Waals surface area contributed by atoms with Gasteiger partial charge in [0.2, 0.25) is 0 Å². The minimum absolute atomic E-state index is 0.00625. The predicted octanol–water partition coefficient (Wildman–Crippen LogP) is 2.34. The van der Waals surface area contributed by atoms with E-state index >= 15 is 0 Å². The summed E-state index contributed by atoms with van der Waals surface area (Å²) < 4.78 is 27.9. The van der Waals surface area contributed by atoms with Gasteiger partial charge in [0, 0.05) is 0 Å². The molecule has 0 radical (unpaired) electrons. The van der Waals surface area contributed by atoms with Crippen LogP contribution in [0.25, 0.3) is 0 Å². The van der Waals surface area contributed by atoms with Crippen molar-refractivity contribution in [3.8, 4) is 0 Å². The van der Waals surface area contributed by atoms with Crippen molar-refractivity contribution < 1.29 is 44.3 Å². The van der Waals surface area contributed by atoms with E-state index in [2.05, 4.69) is 24.5 Å². The molecule has 166 valence electrons. The van der Waals surface area contributed by atoms with Gasteiger partial charge in [-0.15, -0.1) is 0 Å². The third-order valence-corrected chi connectivity index (χ3v) is 4.78. The van der Waals surface area contributed by atoms with Gasteiger partial charge in [-0.3, -0.25) is 9.59 Å². The second kappa shape index (κ2) is 12.8. The van der Waals surface area contributed by atoms with Crippen LogP contribution in [0.15, 0.2) is 71.5 Å². The van der Waals surface area contributed by atoms with Gasteiger partial charge in [0.15, 0.2) is 23.3 Å². The predicted molar refractivity (Wildman–Crippen MR) is 108 cm³/mol. The quantitative estimate of drug-likeness (QED) is 0.431. The summed E-state index contributed by atoms with van der Waals surface area (Å²) in [4.78, 5) is 22.9. The van der Waals surface area contributed by atoms with Crippen molar-refractivity contribution in [3.63, 3.8) is 0 Å². The van der Waals surface area contributed by atoms with E-state index in [1.807, 2.05) is 12.2 Å². The maximum atomic E-state index is 11.5. The van der Waals surface area contributed by atoms with E-state index in [0.29, 0.717) is 48.2 Å². The van der Waals surface area contributed by atoms with E-state index in [0.717, 1.165) is 12.8 Å². The number of ketones is 2. The van der Waals surface area contributed by atoms with Gasteiger partial charge >= 0.3 is 25.3 Å². The normalized spacial score (nSPS) is 27.8. The second-order valence-electron chi connectivity index (χ2n) is 6.84. The summed E-state index contributed by atoms with van der Waals surface area (Å²) in [5, 5.41) is 6.38. The molecule has 8 nitrogen and oxygen atoms in total. The summed E-state index contributed by atoms with van der Waals surface area (Å²) >= 11 is -2.03. The summed E-state index contributed by atoms with van der Waals surface area (Å²) in [5.74, 6) is 1.27. The molecule has 2 saturated heterocycles. The van der Waals surface area contributed by atoms with Gasteiger partial charge in [-0.2, -0.15) is 0 Å². The molecule has 2 aliphatic carbocycles. The van der Waals surface area contributed by atoms with Gasteiger partial charge in [0.1, 0.15) is 13.2 Å². The molecular formula is C22H26MoN2O6. The molecule has 4 aliphatic rings. The molecule has 2 fully saturated rings. The van der Waals surface area contributed by atoms with Crippen LogP contribution < -0.4 is 10.6 Å². The third kappa shape index (κ3) is 7.17.